The highest BCUT2D eigenvalue weighted by molar-refractivity contribution is 14.0. The molecular formula is C23H42IN5O. The molecule has 1 aliphatic heterocycles. The normalized spacial score (nSPS) is 23.8. The Kier molecular flexibility index (Phi) is 10.9. The van der Waals surface area contributed by atoms with Gasteiger partial charge in [-0.15, -0.1) is 24.0 Å². The van der Waals surface area contributed by atoms with Crippen LogP contribution in [0.3, 0.4) is 0 Å². The molecule has 2 atom stereocenters. The van der Waals surface area contributed by atoms with E-state index in [2.05, 4.69) is 34.4 Å². The lowest BCUT2D eigenvalue weighted by molar-refractivity contribution is 0.166. The maximum absolute atomic E-state index is 5.75. The van der Waals surface area contributed by atoms with Gasteiger partial charge in [0.15, 0.2) is 5.96 Å². The van der Waals surface area contributed by atoms with Gasteiger partial charge in [0.05, 0.1) is 12.2 Å². The van der Waals surface area contributed by atoms with Crippen LogP contribution in [0.5, 0.6) is 0 Å². The van der Waals surface area contributed by atoms with Crippen LogP contribution in [-0.2, 0) is 6.54 Å². The number of nitrogens with zero attached hydrogens (tertiary/aromatic N) is 3. The lowest BCUT2D eigenvalue weighted by Gasteiger charge is -2.31. The zero-order valence-corrected chi connectivity index (χ0v) is 21.7. The van der Waals surface area contributed by atoms with Gasteiger partial charge in [0.1, 0.15) is 5.76 Å². The Bertz CT molecular complexity index is 635. The minimum absolute atomic E-state index is 0. The lowest BCUT2D eigenvalue weighted by atomic mass is 9.84. The summed E-state index contributed by atoms with van der Waals surface area (Å²) >= 11 is 0. The van der Waals surface area contributed by atoms with E-state index in [0.29, 0.717) is 12.0 Å². The molecule has 2 heterocycles. The molecule has 1 aromatic heterocycles. The van der Waals surface area contributed by atoms with Gasteiger partial charge in [-0.2, -0.15) is 0 Å². The van der Waals surface area contributed by atoms with Crippen LogP contribution >= 0.6 is 24.0 Å². The number of likely N-dealkylation sites (tertiary alicyclic amines) is 1. The maximum Gasteiger partial charge on any atom is 0.208 e. The molecule has 0 amide bonds. The number of guanidine groups is 1. The summed E-state index contributed by atoms with van der Waals surface area (Å²) in [4.78, 5) is 11.9. The van der Waals surface area contributed by atoms with Crippen molar-refractivity contribution >= 4 is 29.9 Å². The van der Waals surface area contributed by atoms with Crippen molar-refractivity contribution in [1.82, 2.24) is 20.5 Å². The van der Waals surface area contributed by atoms with Crippen LogP contribution in [0.4, 0.5) is 0 Å². The van der Waals surface area contributed by atoms with Gasteiger partial charge in [0, 0.05) is 19.1 Å². The molecule has 2 unspecified atom stereocenters. The van der Waals surface area contributed by atoms with Crippen LogP contribution in [0, 0.1) is 25.7 Å². The van der Waals surface area contributed by atoms with Gasteiger partial charge in [-0.3, -0.25) is 9.89 Å². The van der Waals surface area contributed by atoms with Crippen molar-refractivity contribution in [2.24, 2.45) is 16.8 Å². The van der Waals surface area contributed by atoms with Crippen molar-refractivity contribution < 1.29 is 4.42 Å². The molecule has 0 aromatic carbocycles. The van der Waals surface area contributed by atoms with E-state index in [1.165, 1.54) is 44.9 Å². The second-order valence-corrected chi connectivity index (χ2v) is 8.97. The van der Waals surface area contributed by atoms with Crippen LogP contribution in [0.1, 0.15) is 76.1 Å². The summed E-state index contributed by atoms with van der Waals surface area (Å²) in [6.07, 6.45) is 9.01. The first kappa shape index (κ1) is 25.4. The molecular weight excluding hydrogens is 489 g/mol. The zero-order valence-electron chi connectivity index (χ0n) is 19.4. The second-order valence-electron chi connectivity index (χ2n) is 8.97. The lowest BCUT2D eigenvalue weighted by Crippen LogP contribution is -2.45. The number of oxazole rings is 1. The standard InChI is InChI=1S/C23H41N5O.HI/c1-5-19-8-7-9-21(14-19)27-23(24-6-2)25-15-20-10-12-28(13-11-20)16-22-26-17(3)18(4)29-22;/h19-21H,5-16H2,1-4H3,(H2,24,25,27);1H. The first-order chi connectivity index (χ1) is 14.1. The molecule has 6 nitrogen and oxygen atoms in total. The Morgan fingerprint density at radius 3 is 2.53 bits per heavy atom. The topological polar surface area (TPSA) is 65.7 Å². The van der Waals surface area contributed by atoms with Crippen LogP contribution in [0.2, 0.25) is 0 Å². The molecule has 0 spiro atoms. The summed E-state index contributed by atoms with van der Waals surface area (Å²) in [5.41, 5.74) is 1.01. The molecule has 172 valence electrons. The Hall–Kier alpha value is -0.830. The van der Waals surface area contributed by atoms with Gasteiger partial charge >= 0.3 is 0 Å². The van der Waals surface area contributed by atoms with E-state index in [1.54, 1.807) is 0 Å². The van der Waals surface area contributed by atoms with Gasteiger partial charge < -0.3 is 15.1 Å². The molecule has 3 rings (SSSR count). The molecule has 0 radical (unpaired) electrons. The van der Waals surface area contributed by atoms with E-state index in [9.17, 15) is 0 Å². The average Bonchev–Trinajstić information content (AvgIpc) is 3.04. The molecule has 1 aromatic rings. The Balaban J connectivity index is 0.00000320. The first-order valence-corrected chi connectivity index (χ1v) is 11.8. The fraction of sp³-hybridized carbons (Fsp3) is 0.826. The predicted molar refractivity (Wildman–Crippen MR) is 135 cm³/mol. The third-order valence-electron chi connectivity index (χ3n) is 6.69. The van der Waals surface area contributed by atoms with Crippen molar-refractivity contribution in [3.05, 3.63) is 17.3 Å². The Morgan fingerprint density at radius 2 is 1.90 bits per heavy atom. The number of hydrogen-bond acceptors (Lipinski definition) is 4. The minimum atomic E-state index is 0. The zero-order chi connectivity index (χ0) is 20.6. The van der Waals surface area contributed by atoms with Crippen LogP contribution in [-0.4, -0.2) is 48.1 Å². The van der Waals surface area contributed by atoms with Crippen LogP contribution in [0.25, 0.3) is 0 Å². The molecule has 1 aliphatic carbocycles. The number of rotatable bonds is 7. The van der Waals surface area contributed by atoms with E-state index in [-0.39, 0.29) is 24.0 Å². The van der Waals surface area contributed by atoms with E-state index in [0.717, 1.165) is 61.9 Å². The molecule has 2 N–H and O–H groups in total. The highest BCUT2D eigenvalue weighted by Gasteiger charge is 2.23. The number of aromatic nitrogens is 1. The number of halogens is 1. The average molecular weight is 532 g/mol. The SMILES string of the molecule is CCNC(=NCC1CCN(Cc2nc(C)c(C)o2)CC1)NC1CCCC(CC)C1.I. The second kappa shape index (κ2) is 12.9. The van der Waals surface area contributed by atoms with Crippen molar-refractivity contribution in [3.63, 3.8) is 0 Å². The van der Waals surface area contributed by atoms with Crippen molar-refractivity contribution in [3.8, 4) is 0 Å². The maximum atomic E-state index is 5.75. The van der Waals surface area contributed by atoms with Crippen LogP contribution in [0.15, 0.2) is 9.41 Å². The van der Waals surface area contributed by atoms with E-state index < -0.39 is 0 Å². The smallest absolute Gasteiger partial charge is 0.208 e. The third-order valence-corrected chi connectivity index (χ3v) is 6.69. The molecule has 7 heteroatoms. The Labute approximate surface area is 200 Å². The largest absolute Gasteiger partial charge is 0.444 e. The number of aryl methyl sites for hydroxylation is 2. The fourth-order valence-electron chi connectivity index (χ4n) is 4.65. The number of hydrogen-bond donors (Lipinski definition) is 2. The fourth-order valence-corrected chi connectivity index (χ4v) is 4.65. The van der Waals surface area contributed by atoms with Gasteiger partial charge in [-0.25, -0.2) is 4.98 Å². The summed E-state index contributed by atoms with van der Waals surface area (Å²) in [7, 11) is 0. The van der Waals surface area contributed by atoms with Gasteiger partial charge in [-0.1, -0.05) is 26.2 Å². The third kappa shape index (κ3) is 7.70. The molecule has 1 saturated heterocycles. The van der Waals surface area contributed by atoms with E-state index >= 15 is 0 Å². The van der Waals surface area contributed by atoms with Gasteiger partial charge in [0.2, 0.25) is 5.89 Å². The van der Waals surface area contributed by atoms with Crippen molar-refractivity contribution in [2.45, 2.75) is 85.2 Å². The van der Waals surface area contributed by atoms with E-state index in [1.807, 2.05) is 13.8 Å². The summed E-state index contributed by atoms with van der Waals surface area (Å²) < 4.78 is 5.75. The van der Waals surface area contributed by atoms with E-state index in [4.69, 9.17) is 9.41 Å². The molecule has 1 saturated carbocycles. The van der Waals surface area contributed by atoms with Crippen molar-refractivity contribution in [2.75, 3.05) is 26.2 Å². The Morgan fingerprint density at radius 1 is 1.13 bits per heavy atom. The monoisotopic (exact) mass is 531 g/mol. The number of piperidine rings is 1. The highest BCUT2D eigenvalue weighted by atomic mass is 127. The van der Waals surface area contributed by atoms with Gasteiger partial charge in [-0.05, 0) is 71.4 Å². The molecule has 2 fully saturated rings. The number of aliphatic imine (C=N–C) groups is 1. The molecule has 2 aliphatic rings. The molecule has 30 heavy (non-hydrogen) atoms. The predicted octanol–water partition coefficient (Wildman–Crippen LogP) is 4.65. The quantitative estimate of drug-likeness (QED) is 0.305. The van der Waals surface area contributed by atoms with Crippen LogP contribution < -0.4 is 10.6 Å². The summed E-state index contributed by atoms with van der Waals surface area (Å²) in [5.74, 6) is 4.36. The number of nitrogens with one attached hydrogen (secondary N) is 2. The first-order valence-electron chi connectivity index (χ1n) is 11.8. The molecule has 0 bridgehead atoms. The summed E-state index contributed by atoms with van der Waals surface area (Å²) in [6.45, 7) is 13.3. The minimum Gasteiger partial charge on any atom is -0.444 e. The van der Waals surface area contributed by atoms with Crippen molar-refractivity contribution in [1.29, 1.82) is 0 Å². The van der Waals surface area contributed by atoms with Gasteiger partial charge in [0.25, 0.3) is 0 Å². The summed E-state index contributed by atoms with van der Waals surface area (Å²) in [5, 5.41) is 7.18. The summed E-state index contributed by atoms with van der Waals surface area (Å²) in [6, 6.07) is 0.584. The highest BCUT2D eigenvalue weighted by Crippen LogP contribution is 2.26.